The highest BCUT2D eigenvalue weighted by Crippen LogP contribution is 2.33. The molecular formula is C15H19NO6. The molecule has 7 heteroatoms. The quantitative estimate of drug-likeness (QED) is 0.814. The second-order valence-electron chi connectivity index (χ2n) is 5.00. The molecule has 0 aliphatic heterocycles. The molecular weight excluding hydrogens is 290 g/mol. The number of carbonyl (C=O) groups excluding carboxylic acids is 2. The van der Waals surface area contributed by atoms with Gasteiger partial charge < -0.3 is 24.7 Å². The van der Waals surface area contributed by atoms with E-state index in [9.17, 15) is 9.59 Å². The molecule has 7 nitrogen and oxygen atoms in total. The summed E-state index contributed by atoms with van der Waals surface area (Å²) in [5.74, 6) is -0.751. The molecule has 2 rings (SSSR count). The van der Waals surface area contributed by atoms with Gasteiger partial charge in [0.05, 0.1) is 26.9 Å². The van der Waals surface area contributed by atoms with Gasteiger partial charge in [-0.1, -0.05) is 0 Å². The molecule has 0 saturated heterocycles. The van der Waals surface area contributed by atoms with Crippen LogP contribution in [0.2, 0.25) is 0 Å². The molecule has 1 saturated carbocycles. The summed E-state index contributed by atoms with van der Waals surface area (Å²) in [6, 6.07) is 3.13. The van der Waals surface area contributed by atoms with Crippen LogP contribution in [-0.4, -0.2) is 45.4 Å². The van der Waals surface area contributed by atoms with Crippen molar-refractivity contribution in [2.24, 2.45) is 5.73 Å². The maximum atomic E-state index is 11.9. The predicted molar refractivity (Wildman–Crippen MR) is 77.3 cm³/mol. The normalized spacial score (nSPS) is 19.8. The lowest BCUT2D eigenvalue weighted by molar-refractivity contribution is 0.0550. The summed E-state index contributed by atoms with van der Waals surface area (Å²) in [5.41, 5.74) is 5.76. The van der Waals surface area contributed by atoms with Gasteiger partial charge >= 0.3 is 11.9 Å². The van der Waals surface area contributed by atoms with Crippen molar-refractivity contribution in [1.82, 2.24) is 0 Å². The summed E-state index contributed by atoms with van der Waals surface area (Å²) in [7, 11) is 3.85. The van der Waals surface area contributed by atoms with E-state index in [0.717, 1.165) is 12.8 Å². The van der Waals surface area contributed by atoms with E-state index in [1.54, 1.807) is 6.07 Å². The minimum Gasteiger partial charge on any atom is -0.496 e. The molecule has 1 fully saturated rings. The molecule has 1 aromatic rings. The zero-order valence-electron chi connectivity index (χ0n) is 12.8. The van der Waals surface area contributed by atoms with Crippen molar-refractivity contribution in [3.63, 3.8) is 0 Å². The van der Waals surface area contributed by atoms with Crippen molar-refractivity contribution in [1.29, 1.82) is 0 Å². The zero-order valence-corrected chi connectivity index (χ0v) is 12.8. The van der Waals surface area contributed by atoms with Crippen LogP contribution in [0.25, 0.3) is 0 Å². The van der Waals surface area contributed by atoms with Gasteiger partial charge in [-0.25, -0.2) is 9.59 Å². The van der Waals surface area contributed by atoms with Crippen molar-refractivity contribution < 1.29 is 28.5 Å². The third kappa shape index (κ3) is 3.14. The van der Waals surface area contributed by atoms with E-state index in [1.807, 2.05) is 0 Å². The molecule has 2 N–H and O–H groups in total. The maximum Gasteiger partial charge on any atom is 0.342 e. The SMILES string of the molecule is COC(=O)c1cc(OC2CC(N)C2)cc(OC)c1C(=O)OC. The summed E-state index contributed by atoms with van der Waals surface area (Å²) < 4.78 is 20.3. The standard InChI is InChI=1S/C15H19NO6/c1-19-12-7-10(22-9-4-8(16)5-9)6-11(14(17)20-2)13(12)15(18)21-3/h6-9H,4-5,16H2,1-3H3. The molecule has 1 aromatic carbocycles. The number of rotatable bonds is 5. The van der Waals surface area contributed by atoms with Crippen molar-refractivity contribution in [2.45, 2.75) is 25.0 Å². The molecule has 0 aromatic heterocycles. The number of carbonyl (C=O) groups is 2. The third-order valence-corrected chi connectivity index (χ3v) is 3.52. The first kappa shape index (κ1) is 16.1. The number of esters is 2. The topological polar surface area (TPSA) is 97.1 Å². The monoisotopic (exact) mass is 309 g/mol. The van der Waals surface area contributed by atoms with E-state index in [0.29, 0.717) is 5.75 Å². The van der Waals surface area contributed by atoms with Crippen LogP contribution in [0.15, 0.2) is 12.1 Å². The van der Waals surface area contributed by atoms with Crippen LogP contribution in [0.5, 0.6) is 11.5 Å². The lowest BCUT2D eigenvalue weighted by Gasteiger charge is -2.32. The summed E-state index contributed by atoms with van der Waals surface area (Å²) in [6.07, 6.45) is 1.48. The Bertz CT molecular complexity index is 580. The van der Waals surface area contributed by atoms with Gasteiger partial charge in [0, 0.05) is 12.1 Å². The van der Waals surface area contributed by atoms with Crippen molar-refractivity contribution in [2.75, 3.05) is 21.3 Å². The second-order valence-corrected chi connectivity index (χ2v) is 5.00. The summed E-state index contributed by atoms with van der Waals surface area (Å²) in [4.78, 5) is 23.8. The Morgan fingerprint density at radius 2 is 1.73 bits per heavy atom. The second kappa shape index (κ2) is 6.65. The van der Waals surface area contributed by atoms with Crippen LogP contribution in [0.4, 0.5) is 0 Å². The molecule has 0 atom stereocenters. The Labute approximate surface area is 128 Å². The number of nitrogens with two attached hydrogens (primary N) is 1. The Morgan fingerprint density at radius 1 is 1.09 bits per heavy atom. The van der Waals surface area contributed by atoms with E-state index in [4.69, 9.17) is 24.7 Å². The number of ether oxygens (including phenoxy) is 4. The van der Waals surface area contributed by atoms with Gasteiger partial charge in [0.2, 0.25) is 0 Å². The van der Waals surface area contributed by atoms with Gasteiger partial charge in [-0.05, 0) is 18.9 Å². The first-order chi connectivity index (χ1) is 10.5. The van der Waals surface area contributed by atoms with Gasteiger partial charge in [-0.15, -0.1) is 0 Å². The van der Waals surface area contributed by atoms with E-state index in [2.05, 4.69) is 0 Å². The van der Waals surface area contributed by atoms with Gasteiger partial charge in [0.1, 0.15) is 23.2 Å². The highest BCUT2D eigenvalue weighted by molar-refractivity contribution is 6.05. The molecule has 0 amide bonds. The lowest BCUT2D eigenvalue weighted by atomic mass is 9.90. The van der Waals surface area contributed by atoms with E-state index in [1.165, 1.54) is 27.4 Å². The van der Waals surface area contributed by atoms with E-state index in [-0.39, 0.29) is 29.0 Å². The molecule has 0 bridgehead atoms. The molecule has 1 aliphatic carbocycles. The van der Waals surface area contributed by atoms with Crippen LogP contribution in [0.1, 0.15) is 33.6 Å². The number of hydrogen-bond donors (Lipinski definition) is 1. The third-order valence-electron chi connectivity index (χ3n) is 3.52. The Balaban J connectivity index is 2.41. The van der Waals surface area contributed by atoms with Gasteiger partial charge in [0.15, 0.2) is 0 Å². The van der Waals surface area contributed by atoms with Crippen molar-refractivity contribution in [3.8, 4) is 11.5 Å². The predicted octanol–water partition coefficient (Wildman–Crippen LogP) is 1.14. The first-order valence-electron chi connectivity index (χ1n) is 6.81. The summed E-state index contributed by atoms with van der Waals surface area (Å²) in [5, 5.41) is 0. The Morgan fingerprint density at radius 3 is 2.23 bits per heavy atom. The van der Waals surface area contributed by atoms with E-state index < -0.39 is 11.9 Å². The number of hydrogen-bond acceptors (Lipinski definition) is 7. The molecule has 0 spiro atoms. The minimum atomic E-state index is -0.686. The Kier molecular flexibility index (Phi) is 4.87. The summed E-state index contributed by atoms with van der Waals surface area (Å²) >= 11 is 0. The fourth-order valence-electron chi connectivity index (χ4n) is 2.30. The molecule has 0 radical (unpaired) electrons. The molecule has 0 unspecified atom stereocenters. The highest BCUT2D eigenvalue weighted by atomic mass is 16.5. The number of benzene rings is 1. The largest absolute Gasteiger partial charge is 0.496 e. The lowest BCUT2D eigenvalue weighted by Crippen LogP contribution is -2.43. The van der Waals surface area contributed by atoms with Gasteiger partial charge in [-0.2, -0.15) is 0 Å². The van der Waals surface area contributed by atoms with Crippen molar-refractivity contribution in [3.05, 3.63) is 23.3 Å². The first-order valence-corrected chi connectivity index (χ1v) is 6.81. The van der Waals surface area contributed by atoms with Crippen molar-refractivity contribution >= 4 is 11.9 Å². The minimum absolute atomic E-state index is 0.00539. The highest BCUT2D eigenvalue weighted by Gasteiger charge is 2.30. The molecule has 120 valence electrons. The molecule has 22 heavy (non-hydrogen) atoms. The number of methoxy groups -OCH3 is 3. The van der Waals surface area contributed by atoms with Crippen LogP contribution in [-0.2, 0) is 9.47 Å². The van der Waals surface area contributed by atoms with Gasteiger partial charge in [0.25, 0.3) is 0 Å². The Hall–Kier alpha value is -2.28. The van der Waals surface area contributed by atoms with Crippen LogP contribution in [0.3, 0.4) is 0 Å². The average molecular weight is 309 g/mol. The van der Waals surface area contributed by atoms with Crippen LogP contribution < -0.4 is 15.2 Å². The maximum absolute atomic E-state index is 11.9. The fraction of sp³-hybridized carbons (Fsp3) is 0.467. The average Bonchev–Trinajstić information content (AvgIpc) is 2.50. The van der Waals surface area contributed by atoms with Gasteiger partial charge in [-0.3, -0.25) is 0 Å². The smallest absolute Gasteiger partial charge is 0.342 e. The van der Waals surface area contributed by atoms with Crippen LogP contribution >= 0.6 is 0 Å². The molecule has 1 aliphatic rings. The van der Waals surface area contributed by atoms with Crippen LogP contribution in [0, 0.1) is 0 Å². The summed E-state index contributed by atoms with van der Waals surface area (Å²) in [6.45, 7) is 0. The molecule has 0 heterocycles. The zero-order chi connectivity index (χ0) is 16.3. The fourth-order valence-corrected chi connectivity index (χ4v) is 2.30. The van der Waals surface area contributed by atoms with E-state index >= 15 is 0 Å².